The normalized spacial score (nSPS) is 17.1. The largest absolute Gasteiger partial charge is 0.370 e. The third-order valence-electron chi connectivity index (χ3n) is 4.02. The first-order chi connectivity index (χ1) is 9.68. The van der Waals surface area contributed by atoms with Crippen molar-refractivity contribution in [2.45, 2.75) is 45.1 Å². The summed E-state index contributed by atoms with van der Waals surface area (Å²) in [6.45, 7) is 5.21. The summed E-state index contributed by atoms with van der Waals surface area (Å²) in [6, 6.07) is 2.17. The predicted molar refractivity (Wildman–Crippen MR) is 83.5 cm³/mol. The van der Waals surface area contributed by atoms with Crippen LogP contribution in [-0.2, 0) is 10.3 Å². The number of nitrogens with one attached hydrogen (secondary N) is 1. The van der Waals surface area contributed by atoms with E-state index in [-0.39, 0.29) is 5.60 Å². The first-order valence-electron chi connectivity index (χ1n) is 7.26. The maximum absolute atomic E-state index is 5.73. The lowest BCUT2D eigenvalue weighted by Crippen LogP contribution is -2.38. The van der Waals surface area contributed by atoms with Crippen LogP contribution in [0.3, 0.4) is 0 Å². The van der Waals surface area contributed by atoms with Gasteiger partial charge in [0.25, 0.3) is 0 Å². The number of rotatable bonds is 5. The SMILES string of the molecule is CCCNc1nc(C2(OC)CCC2)nc2sc(C)cc12. The van der Waals surface area contributed by atoms with E-state index in [9.17, 15) is 0 Å². The predicted octanol–water partition coefficient (Wildman–Crippen LogP) is 3.85. The number of thiophene rings is 1. The number of fused-ring (bicyclic) bond motifs is 1. The average molecular weight is 291 g/mol. The molecule has 0 atom stereocenters. The fourth-order valence-corrected chi connectivity index (χ4v) is 3.52. The van der Waals surface area contributed by atoms with Gasteiger partial charge in [-0.2, -0.15) is 0 Å². The summed E-state index contributed by atoms with van der Waals surface area (Å²) in [4.78, 5) is 11.9. The van der Waals surface area contributed by atoms with E-state index in [4.69, 9.17) is 14.7 Å². The molecule has 1 aliphatic carbocycles. The van der Waals surface area contributed by atoms with Crippen LogP contribution in [0.25, 0.3) is 10.2 Å². The monoisotopic (exact) mass is 291 g/mol. The van der Waals surface area contributed by atoms with Crippen molar-refractivity contribution in [3.63, 3.8) is 0 Å². The van der Waals surface area contributed by atoms with Crippen molar-refractivity contribution in [1.82, 2.24) is 9.97 Å². The highest BCUT2D eigenvalue weighted by Crippen LogP contribution is 2.44. The van der Waals surface area contributed by atoms with Crippen LogP contribution in [0, 0.1) is 6.92 Å². The quantitative estimate of drug-likeness (QED) is 0.909. The summed E-state index contributed by atoms with van der Waals surface area (Å²) in [6.07, 6.45) is 4.31. The Kier molecular flexibility index (Phi) is 3.65. The van der Waals surface area contributed by atoms with E-state index in [2.05, 4.69) is 25.2 Å². The van der Waals surface area contributed by atoms with E-state index in [1.807, 2.05) is 0 Å². The van der Waals surface area contributed by atoms with Gasteiger partial charge in [-0.25, -0.2) is 9.97 Å². The third kappa shape index (κ3) is 2.19. The maximum Gasteiger partial charge on any atom is 0.164 e. The molecule has 0 unspecified atom stereocenters. The lowest BCUT2D eigenvalue weighted by Gasteiger charge is -2.38. The molecule has 0 aliphatic heterocycles. The molecule has 0 aromatic carbocycles. The second-order valence-corrected chi connectivity index (χ2v) is 6.69. The van der Waals surface area contributed by atoms with Gasteiger partial charge in [0.15, 0.2) is 5.82 Å². The van der Waals surface area contributed by atoms with Crippen molar-refractivity contribution in [1.29, 1.82) is 0 Å². The summed E-state index contributed by atoms with van der Waals surface area (Å²) in [5.41, 5.74) is -0.255. The third-order valence-corrected chi connectivity index (χ3v) is 4.96. The Balaban J connectivity index is 2.09. The Labute approximate surface area is 123 Å². The first kappa shape index (κ1) is 13.8. The molecule has 1 aliphatic rings. The van der Waals surface area contributed by atoms with E-state index in [1.165, 1.54) is 11.3 Å². The van der Waals surface area contributed by atoms with Crippen molar-refractivity contribution in [3.8, 4) is 0 Å². The highest BCUT2D eigenvalue weighted by Gasteiger charge is 2.42. The van der Waals surface area contributed by atoms with Crippen molar-refractivity contribution >= 4 is 27.4 Å². The lowest BCUT2D eigenvalue weighted by molar-refractivity contribution is -0.0843. The lowest BCUT2D eigenvalue weighted by atomic mass is 9.79. The number of methoxy groups -OCH3 is 1. The van der Waals surface area contributed by atoms with Crippen LogP contribution in [-0.4, -0.2) is 23.6 Å². The molecule has 0 bridgehead atoms. The van der Waals surface area contributed by atoms with Gasteiger partial charge in [0.1, 0.15) is 16.2 Å². The minimum atomic E-state index is -0.255. The molecule has 2 aromatic heterocycles. The van der Waals surface area contributed by atoms with Gasteiger partial charge in [0.2, 0.25) is 0 Å². The zero-order chi connectivity index (χ0) is 14.2. The second-order valence-electron chi connectivity index (χ2n) is 5.45. The molecular weight excluding hydrogens is 270 g/mol. The second kappa shape index (κ2) is 5.30. The number of aryl methyl sites for hydroxylation is 1. The number of ether oxygens (including phenoxy) is 1. The van der Waals surface area contributed by atoms with E-state index in [1.54, 1.807) is 18.4 Å². The molecule has 1 fully saturated rings. The van der Waals surface area contributed by atoms with Crippen LogP contribution < -0.4 is 5.32 Å². The van der Waals surface area contributed by atoms with E-state index in [0.29, 0.717) is 0 Å². The summed E-state index contributed by atoms with van der Waals surface area (Å²) in [5, 5.41) is 4.57. The molecule has 3 rings (SSSR count). The molecule has 5 heteroatoms. The van der Waals surface area contributed by atoms with Crippen LogP contribution in [0.4, 0.5) is 5.82 Å². The molecule has 1 N–H and O–H groups in total. The molecule has 1 saturated carbocycles. The van der Waals surface area contributed by atoms with Gasteiger partial charge < -0.3 is 10.1 Å². The number of nitrogens with zero attached hydrogens (tertiary/aromatic N) is 2. The van der Waals surface area contributed by atoms with Crippen molar-refractivity contribution in [3.05, 3.63) is 16.8 Å². The number of hydrogen-bond acceptors (Lipinski definition) is 5. The fraction of sp³-hybridized carbons (Fsp3) is 0.600. The van der Waals surface area contributed by atoms with Crippen molar-refractivity contribution in [2.75, 3.05) is 19.0 Å². The minimum absolute atomic E-state index is 0.255. The number of aromatic nitrogens is 2. The molecule has 0 spiro atoms. The summed E-state index contributed by atoms with van der Waals surface area (Å²) >= 11 is 1.73. The maximum atomic E-state index is 5.73. The van der Waals surface area contributed by atoms with E-state index >= 15 is 0 Å². The standard InChI is InChI=1S/C15H21N3OS/c1-4-8-16-12-11-9-10(2)20-13(11)18-14(17-12)15(19-3)6-5-7-15/h9H,4-8H2,1-3H3,(H,16,17,18). The molecular formula is C15H21N3OS. The number of hydrogen-bond donors (Lipinski definition) is 1. The molecule has 0 radical (unpaired) electrons. The van der Waals surface area contributed by atoms with Crippen LogP contribution in [0.1, 0.15) is 43.3 Å². The zero-order valence-corrected chi connectivity index (χ0v) is 13.1. The molecule has 2 heterocycles. The Hall–Kier alpha value is -1.20. The summed E-state index contributed by atoms with van der Waals surface area (Å²) in [7, 11) is 1.77. The van der Waals surface area contributed by atoms with Crippen LogP contribution in [0.15, 0.2) is 6.07 Å². The Morgan fingerprint density at radius 1 is 1.40 bits per heavy atom. The smallest absolute Gasteiger partial charge is 0.164 e. The molecule has 0 saturated heterocycles. The van der Waals surface area contributed by atoms with Crippen molar-refractivity contribution < 1.29 is 4.74 Å². The van der Waals surface area contributed by atoms with Gasteiger partial charge in [-0.1, -0.05) is 6.92 Å². The van der Waals surface area contributed by atoms with Gasteiger partial charge in [-0.15, -0.1) is 11.3 Å². The van der Waals surface area contributed by atoms with E-state index < -0.39 is 0 Å². The zero-order valence-electron chi connectivity index (χ0n) is 12.3. The van der Waals surface area contributed by atoms with Gasteiger partial charge in [0.05, 0.1) is 5.39 Å². The molecule has 108 valence electrons. The van der Waals surface area contributed by atoms with Gasteiger partial charge in [-0.3, -0.25) is 0 Å². The molecule has 0 amide bonds. The topological polar surface area (TPSA) is 47.0 Å². The van der Waals surface area contributed by atoms with Crippen molar-refractivity contribution in [2.24, 2.45) is 0 Å². The highest BCUT2D eigenvalue weighted by molar-refractivity contribution is 7.18. The van der Waals surface area contributed by atoms with Gasteiger partial charge in [-0.05, 0) is 38.7 Å². The highest BCUT2D eigenvalue weighted by atomic mass is 32.1. The Morgan fingerprint density at radius 2 is 2.20 bits per heavy atom. The Morgan fingerprint density at radius 3 is 2.80 bits per heavy atom. The minimum Gasteiger partial charge on any atom is -0.370 e. The summed E-state index contributed by atoms with van der Waals surface area (Å²) < 4.78 is 5.73. The van der Waals surface area contributed by atoms with Crippen LogP contribution in [0.5, 0.6) is 0 Å². The molecule has 4 nitrogen and oxygen atoms in total. The van der Waals surface area contributed by atoms with Crippen LogP contribution >= 0.6 is 11.3 Å². The molecule has 20 heavy (non-hydrogen) atoms. The first-order valence-corrected chi connectivity index (χ1v) is 8.08. The van der Waals surface area contributed by atoms with Crippen LogP contribution in [0.2, 0.25) is 0 Å². The average Bonchev–Trinajstić information content (AvgIpc) is 2.76. The van der Waals surface area contributed by atoms with E-state index in [0.717, 1.165) is 47.7 Å². The fourth-order valence-electron chi connectivity index (χ4n) is 2.64. The molecule has 2 aromatic rings. The summed E-state index contributed by atoms with van der Waals surface area (Å²) in [5.74, 6) is 1.80. The Bertz CT molecular complexity index is 613. The van der Waals surface area contributed by atoms with Gasteiger partial charge in [0, 0.05) is 18.5 Å². The number of anilines is 1. The van der Waals surface area contributed by atoms with Gasteiger partial charge >= 0.3 is 0 Å².